The highest BCUT2D eigenvalue weighted by Gasteiger charge is 2.19. The average molecular weight is 222 g/mol. The Morgan fingerprint density at radius 3 is 2.67 bits per heavy atom. The fraction of sp³-hybridized carbons (Fsp3) is 0.364. The molecule has 2 aromatic heterocycles. The van der Waals surface area contributed by atoms with Crippen LogP contribution >= 0.6 is 11.3 Å². The van der Waals surface area contributed by atoms with Crippen LogP contribution in [0.3, 0.4) is 0 Å². The maximum atomic E-state index is 10.2. The Balaban J connectivity index is 2.46. The van der Waals surface area contributed by atoms with Crippen LogP contribution in [-0.4, -0.2) is 14.9 Å². The van der Waals surface area contributed by atoms with Crippen LogP contribution in [-0.2, 0) is 7.05 Å². The Kier molecular flexibility index (Phi) is 2.63. The lowest BCUT2D eigenvalue weighted by Crippen LogP contribution is -2.01. The maximum absolute atomic E-state index is 10.2. The first-order chi connectivity index (χ1) is 7.11. The van der Waals surface area contributed by atoms with Crippen molar-refractivity contribution in [2.24, 2.45) is 7.05 Å². The molecule has 0 radical (unpaired) electrons. The highest BCUT2D eigenvalue weighted by molar-refractivity contribution is 7.07. The smallest absolute Gasteiger partial charge is 0.108 e. The minimum absolute atomic E-state index is 0.551. The quantitative estimate of drug-likeness (QED) is 0.845. The first kappa shape index (κ1) is 10.4. The fourth-order valence-corrected chi connectivity index (χ4v) is 2.46. The molecule has 0 fully saturated rings. The van der Waals surface area contributed by atoms with Crippen molar-refractivity contribution < 1.29 is 5.11 Å². The van der Waals surface area contributed by atoms with E-state index in [-0.39, 0.29) is 0 Å². The van der Waals surface area contributed by atoms with Gasteiger partial charge in [-0.25, -0.2) is 0 Å². The fourth-order valence-electron chi connectivity index (χ4n) is 1.78. The van der Waals surface area contributed by atoms with Crippen LogP contribution in [0, 0.1) is 13.8 Å². The zero-order valence-corrected chi connectivity index (χ0v) is 9.88. The van der Waals surface area contributed by atoms with Gasteiger partial charge in [0.2, 0.25) is 0 Å². The van der Waals surface area contributed by atoms with Crippen LogP contribution in [0.5, 0.6) is 0 Å². The molecule has 1 atom stereocenters. The minimum Gasteiger partial charge on any atom is -0.383 e. The maximum Gasteiger partial charge on any atom is 0.108 e. The molecule has 15 heavy (non-hydrogen) atoms. The molecular formula is C11H14N2OS. The van der Waals surface area contributed by atoms with Crippen LogP contribution in [0.2, 0.25) is 0 Å². The zero-order valence-electron chi connectivity index (χ0n) is 9.06. The Bertz CT molecular complexity index is 459. The number of aliphatic hydroxyl groups is 1. The monoisotopic (exact) mass is 222 g/mol. The van der Waals surface area contributed by atoms with E-state index in [4.69, 9.17) is 0 Å². The Labute approximate surface area is 93.0 Å². The molecule has 0 saturated carbocycles. The standard InChI is InChI=1S/C11H14N2OS/c1-7-10(8(2)13(3)12-7)11(14)9-4-5-15-6-9/h4-6,11,14H,1-3H3. The highest BCUT2D eigenvalue weighted by Crippen LogP contribution is 2.28. The molecule has 2 aromatic rings. The topological polar surface area (TPSA) is 38.0 Å². The van der Waals surface area contributed by atoms with Gasteiger partial charge in [0.1, 0.15) is 6.10 Å². The molecule has 1 unspecified atom stereocenters. The van der Waals surface area contributed by atoms with Gasteiger partial charge in [0.15, 0.2) is 0 Å². The third-order valence-electron chi connectivity index (χ3n) is 2.70. The second-order valence-electron chi connectivity index (χ2n) is 3.67. The number of hydrogen-bond acceptors (Lipinski definition) is 3. The Morgan fingerprint density at radius 2 is 2.20 bits per heavy atom. The number of aromatic nitrogens is 2. The lowest BCUT2D eigenvalue weighted by Gasteiger charge is -2.09. The van der Waals surface area contributed by atoms with Crippen LogP contribution in [0.1, 0.15) is 28.6 Å². The van der Waals surface area contributed by atoms with Crippen molar-refractivity contribution >= 4 is 11.3 Å². The molecule has 3 nitrogen and oxygen atoms in total. The Hall–Kier alpha value is -1.13. The van der Waals surface area contributed by atoms with Gasteiger partial charge in [-0.2, -0.15) is 16.4 Å². The molecule has 2 rings (SSSR count). The number of aliphatic hydroxyl groups excluding tert-OH is 1. The molecule has 1 N–H and O–H groups in total. The van der Waals surface area contributed by atoms with Gasteiger partial charge in [0, 0.05) is 18.3 Å². The number of nitrogens with zero attached hydrogens (tertiary/aromatic N) is 2. The molecule has 2 heterocycles. The molecule has 0 spiro atoms. The van der Waals surface area contributed by atoms with Crippen molar-refractivity contribution in [2.75, 3.05) is 0 Å². The van der Waals surface area contributed by atoms with Gasteiger partial charge in [-0.1, -0.05) is 0 Å². The number of rotatable bonds is 2. The lowest BCUT2D eigenvalue weighted by atomic mass is 10.0. The SMILES string of the molecule is Cc1nn(C)c(C)c1C(O)c1ccsc1. The van der Waals surface area contributed by atoms with E-state index in [1.54, 1.807) is 16.0 Å². The van der Waals surface area contributed by atoms with Crippen LogP contribution in [0.4, 0.5) is 0 Å². The zero-order chi connectivity index (χ0) is 11.0. The molecule has 0 saturated heterocycles. The van der Waals surface area contributed by atoms with E-state index in [9.17, 15) is 5.11 Å². The van der Waals surface area contributed by atoms with Crippen molar-refractivity contribution in [1.82, 2.24) is 9.78 Å². The first-order valence-corrected chi connectivity index (χ1v) is 5.75. The molecular weight excluding hydrogens is 208 g/mol. The second kappa shape index (κ2) is 3.79. The summed E-state index contributed by atoms with van der Waals surface area (Å²) in [6.07, 6.45) is -0.551. The van der Waals surface area contributed by atoms with Gasteiger partial charge >= 0.3 is 0 Å². The molecule has 0 aliphatic carbocycles. The second-order valence-corrected chi connectivity index (χ2v) is 4.45. The van der Waals surface area contributed by atoms with Crippen molar-refractivity contribution in [1.29, 1.82) is 0 Å². The molecule has 0 aromatic carbocycles. The summed E-state index contributed by atoms with van der Waals surface area (Å²) in [6, 6.07) is 1.95. The van der Waals surface area contributed by atoms with Gasteiger partial charge in [-0.05, 0) is 36.2 Å². The molecule has 4 heteroatoms. The van der Waals surface area contributed by atoms with Crippen molar-refractivity contribution in [2.45, 2.75) is 20.0 Å². The van der Waals surface area contributed by atoms with E-state index < -0.39 is 6.10 Å². The molecule has 0 bridgehead atoms. The molecule has 80 valence electrons. The lowest BCUT2D eigenvalue weighted by molar-refractivity contribution is 0.219. The number of thiophene rings is 1. The van der Waals surface area contributed by atoms with E-state index in [2.05, 4.69) is 5.10 Å². The summed E-state index contributed by atoms with van der Waals surface area (Å²) < 4.78 is 1.81. The van der Waals surface area contributed by atoms with E-state index in [0.717, 1.165) is 22.5 Å². The Morgan fingerprint density at radius 1 is 1.47 bits per heavy atom. The molecule has 0 aliphatic heterocycles. The van der Waals surface area contributed by atoms with E-state index in [1.165, 1.54) is 0 Å². The first-order valence-electron chi connectivity index (χ1n) is 4.81. The van der Waals surface area contributed by atoms with Crippen LogP contribution < -0.4 is 0 Å². The summed E-state index contributed by atoms with van der Waals surface area (Å²) in [6.45, 7) is 3.91. The van der Waals surface area contributed by atoms with Gasteiger partial charge < -0.3 is 5.11 Å². The minimum atomic E-state index is -0.551. The molecule has 0 aliphatic rings. The van der Waals surface area contributed by atoms with Gasteiger partial charge in [-0.15, -0.1) is 0 Å². The third kappa shape index (κ3) is 1.70. The van der Waals surface area contributed by atoms with Gasteiger partial charge in [0.05, 0.1) is 5.69 Å². The highest BCUT2D eigenvalue weighted by atomic mass is 32.1. The summed E-state index contributed by atoms with van der Waals surface area (Å²) in [4.78, 5) is 0. The van der Waals surface area contributed by atoms with Crippen LogP contribution in [0.15, 0.2) is 16.8 Å². The van der Waals surface area contributed by atoms with Gasteiger partial charge in [0.25, 0.3) is 0 Å². The van der Waals surface area contributed by atoms with Crippen molar-refractivity contribution in [3.63, 3.8) is 0 Å². The van der Waals surface area contributed by atoms with E-state index in [1.807, 2.05) is 37.7 Å². The van der Waals surface area contributed by atoms with E-state index in [0.29, 0.717) is 0 Å². The number of aryl methyl sites for hydroxylation is 2. The summed E-state index contributed by atoms with van der Waals surface area (Å²) in [7, 11) is 1.90. The number of hydrogen-bond donors (Lipinski definition) is 1. The predicted molar refractivity (Wildman–Crippen MR) is 61.1 cm³/mol. The van der Waals surface area contributed by atoms with Crippen molar-refractivity contribution in [3.05, 3.63) is 39.3 Å². The van der Waals surface area contributed by atoms with E-state index >= 15 is 0 Å². The summed E-state index contributed by atoms with van der Waals surface area (Å²) >= 11 is 1.59. The van der Waals surface area contributed by atoms with Gasteiger partial charge in [-0.3, -0.25) is 4.68 Å². The van der Waals surface area contributed by atoms with Crippen LogP contribution in [0.25, 0.3) is 0 Å². The molecule has 0 amide bonds. The van der Waals surface area contributed by atoms with Crippen molar-refractivity contribution in [3.8, 4) is 0 Å². The normalized spacial score (nSPS) is 13.1. The summed E-state index contributed by atoms with van der Waals surface area (Å²) in [5, 5.41) is 18.5. The third-order valence-corrected chi connectivity index (χ3v) is 3.40. The average Bonchev–Trinajstić information content (AvgIpc) is 2.76. The predicted octanol–water partition coefficient (Wildman–Crippen LogP) is 2.18. The summed E-state index contributed by atoms with van der Waals surface area (Å²) in [5.74, 6) is 0. The summed E-state index contributed by atoms with van der Waals surface area (Å²) in [5.41, 5.74) is 3.79. The largest absolute Gasteiger partial charge is 0.383 e.